The topological polar surface area (TPSA) is 55.2 Å². The van der Waals surface area contributed by atoms with E-state index in [1.54, 1.807) is 17.4 Å². The second kappa shape index (κ2) is 6.80. The molecule has 1 fully saturated rings. The summed E-state index contributed by atoms with van der Waals surface area (Å²) in [5.74, 6) is -0.0262. The maximum Gasteiger partial charge on any atom is 0.275 e. The second-order valence-electron chi connectivity index (χ2n) is 6.28. The van der Waals surface area contributed by atoms with E-state index in [1.165, 1.54) is 11.1 Å². The SMILES string of the molecule is O=C(Cn1nc(-c2cccs2)c2ccccc2c1=O)N1CCCCC1. The van der Waals surface area contributed by atoms with E-state index in [2.05, 4.69) is 5.10 Å². The standard InChI is InChI=1S/C19H19N3O2S/c23-17(21-10-4-1-5-11-21)13-22-19(24)15-8-3-2-7-14(15)18(20-22)16-9-6-12-25-16/h2-3,6-9,12H,1,4-5,10-11,13H2. The van der Waals surface area contributed by atoms with E-state index in [0.717, 1.165) is 41.9 Å². The summed E-state index contributed by atoms with van der Waals surface area (Å²) in [5.41, 5.74) is 0.554. The Morgan fingerprint density at radius 1 is 1.04 bits per heavy atom. The lowest BCUT2D eigenvalue weighted by Crippen LogP contribution is -2.40. The number of carbonyl (C=O) groups excluding carboxylic acids is 1. The van der Waals surface area contributed by atoms with Gasteiger partial charge in [0.2, 0.25) is 5.91 Å². The number of amides is 1. The van der Waals surface area contributed by atoms with Crippen molar-refractivity contribution in [2.45, 2.75) is 25.8 Å². The van der Waals surface area contributed by atoms with Gasteiger partial charge in [-0.25, -0.2) is 4.68 Å². The van der Waals surface area contributed by atoms with Crippen molar-refractivity contribution in [1.29, 1.82) is 0 Å². The Labute approximate surface area is 149 Å². The molecule has 1 aliphatic heterocycles. The predicted molar refractivity (Wildman–Crippen MR) is 99.7 cm³/mol. The highest BCUT2D eigenvalue weighted by Gasteiger charge is 2.19. The van der Waals surface area contributed by atoms with E-state index in [0.29, 0.717) is 5.39 Å². The van der Waals surface area contributed by atoms with E-state index in [9.17, 15) is 9.59 Å². The van der Waals surface area contributed by atoms with Crippen molar-refractivity contribution in [3.63, 3.8) is 0 Å². The van der Waals surface area contributed by atoms with Crippen LogP contribution in [0.5, 0.6) is 0 Å². The first kappa shape index (κ1) is 16.0. The van der Waals surface area contributed by atoms with Gasteiger partial charge in [-0.1, -0.05) is 24.3 Å². The molecule has 0 bridgehead atoms. The van der Waals surface area contributed by atoms with Crippen molar-refractivity contribution in [1.82, 2.24) is 14.7 Å². The normalized spacial score (nSPS) is 14.8. The van der Waals surface area contributed by atoms with E-state index < -0.39 is 0 Å². The van der Waals surface area contributed by atoms with Crippen LogP contribution in [0.25, 0.3) is 21.3 Å². The summed E-state index contributed by atoms with van der Waals surface area (Å²) >= 11 is 1.58. The van der Waals surface area contributed by atoms with Gasteiger partial charge in [0.25, 0.3) is 5.56 Å². The van der Waals surface area contributed by atoms with Crippen LogP contribution in [0.2, 0.25) is 0 Å². The van der Waals surface area contributed by atoms with Crippen LogP contribution >= 0.6 is 11.3 Å². The highest BCUT2D eigenvalue weighted by atomic mass is 32.1. The summed E-state index contributed by atoms with van der Waals surface area (Å²) in [4.78, 5) is 28.2. The Kier molecular flexibility index (Phi) is 4.36. The van der Waals surface area contributed by atoms with Gasteiger partial charge in [0.05, 0.1) is 10.3 Å². The van der Waals surface area contributed by atoms with Crippen LogP contribution in [-0.4, -0.2) is 33.7 Å². The van der Waals surface area contributed by atoms with E-state index in [-0.39, 0.29) is 18.0 Å². The van der Waals surface area contributed by atoms with Crippen LogP contribution in [0.4, 0.5) is 0 Å². The quantitative estimate of drug-likeness (QED) is 0.727. The first-order valence-electron chi connectivity index (χ1n) is 8.55. The fourth-order valence-electron chi connectivity index (χ4n) is 3.31. The number of carbonyl (C=O) groups is 1. The second-order valence-corrected chi connectivity index (χ2v) is 7.22. The van der Waals surface area contributed by atoms with Crippen LogP contribution in [-0.2, 0) is 11.3 Å². The van der Waals surface area contributed by atoms with Crippen LogP contribution in [0, 0.1) is 0 Å². The molecule has 1 amide bonds. The van der Waals surface area contributed by atoms with Gasteiger partial charge in [-0.15, -0.1) is 11.3 Å². The number of hydrogen-bond donors (Lipinski definition) is 0. The summed E-state index contributed by atoms with van der Waals surface area (Å²) in [5, 5.41) is 7.97. The van der Waals surface area contributed by atoms with Gasteiger partial charge in [-0.05, 0) is 36.8 Å². The molecule has 4 rings (SSSR count). The van der Waals surface area contributed by atoms with Crippen LogP contribution in [0.1, 0.15) is 19.3 Å². The number of nitrogens with zero attached hydrogens (tertiary/aromatic N) is 3. The molecular formula is C19H19N3O2S. The van der Waals surface area contributed by atoms with Crippen molar-refractivity contribution < 1.29 is 4.79 Å². The molecule has 0 spiro atoms. The van der Waals surface area contributed by atoms with E-state index in [4.69, 9.17) is 0 Å². The summed E-state index contributed by atoms with van der Waals surface area (Å²) < 4.78 is 1.33. The van der Waals surface area contributed by atoms with Gasteiger partial charge in [-0.3, -0.25) is 9.59 Å². The zero-order valence-corrected chi connectivity index (χ0v) is 14.7. The van der Waals surface area contributed by atoms with Crippen molar-refractivity contribution >= 4 is 28.0 Å². The lowest BCUT2D eigenvalue weighted by Gasteiger charge is -2.26. The minimum atomic E-state index is -0.207. The molecule has 0 N–H and O–H groups in total. The minimum Gasteiger partial charge on any atom is -0.341 e. The predicted octanol–water partition coefficient (Wildman–Crippen LogP) is 3.14. The highest BCUT2D eigenvalue weighted by molar-refractivity contribution is 7.13. The lowest BCUT2D eigenvalue weighted by molar-refractivity contribution is -0.133. The molecule has 1 aliphatic rings. The molecule has 0 unspecified atom stereocenters. The van der Waals surface area contributed by atoms with Gasteiger partial charge in [0, 0.05) is 18.5 Å². The molecule has 1 aromatic carbocycles. The smallest absolute Gasteiger partial charge is 0.275 e. The number of rotatable bonds is 3. The molecule has 25 heavy (non-hydrogen) atoms. The monoisotopic (exact) mass is 353 g/mol. The molecule has 0 saturated carbocycles. The van der Waals surface area contributed by atoms with Gasteiger partial charge >= 0.3 is 0 Å². The maximum atomic E-state index is 12.8. The fraction of sp³-hybridized carbons (Fsp3) is 0.316. The average Bonchev–Trinajstić information content (AvgIpc) is 3.19. The van der Waals surface area contributed by atoms with Gasteiger partial charge in [-0.2, -0.15) is 5.10 Å². The van der Waals surface area contributed by atoms with Crippen molar-refractivity contribution in [2.24, 2.45) is 0 Å². The van der Waals surface area contributed by atoms with Crippen molar-refractivity contribution in [3.8, 4) is 10.6 Å². The number of piperidine rings is 1. The number of aromatic nitrogens is 2. The maximum absolute atomic E-state index is 12.8. The molecule has 0 atom stereocenters. The molecule has 0 aliphatic carbocycles. The van der Waals surface area contributed by atoms with Crippen LogP contribution in [0.3, 0.4) is 0 Å². The largest absolute Gasteiger partial charge is 0.341 e. The number of fused-ring (bicyclic) bond motifs is 1. The third-order valence-corrected chi connectivity index (χ3v) is 5.49. The highest BCUT2D eigenvalue weighted by Crippen LogP contribution is 2.28. The average molecular weight is 353 g/mol. The Balaban J connectivity index is 1.77. The molecule has 3 heterocycles. The number of hydrogen-bond acceptors (Lipinski definition) is 4. The summed E-state index contributed by atoms with van der Waals surface area (Å²) in [6, 6.07) is 11.4. The first-order chi connectivity index (χ1) is 12.2. The van der Waals surface area contributed by atoms with Crippen molar-refractivity contribution in [2.75, 3.05) is 13.1 Å². The molecule has 128 valence electrons. The Morgan fingerprint density at radius 3 is 2.52 bits per heavy atom. The molecule has 3 aromatic rings. The minimum absolute atomic E-state index is 0.00203. The zero-order chi connectivity index (χ0) is 17.2. The molecular weight excluding hydrogens is 334 g/mol. The number of likely N-dealkylation sites (tertiary alicyclic amines) is 1. The lowest BCUT2D eigenvalue weighted by atomic mass is 10.1. The number of benzene rings is 1. The van der Waals surface area contributed by atoms with Crippen molar-refractivity contribution in [3.05, 3.63) is 52.1 Å². The van der Waals surface area contributed by atoms with Crippen LogP contribution < -0.4 is 5.56 Å². The van der Waals surface area contributed by atoms with Gasteiger partial charge in [0.15, 0.2) is 0 Å². The van der Waals surface area contributed by atoms with E-state index in [1.807, 2.05) is 40.6 Å². The molecule has 5 nitrogen and oxygen atoms in total. The third-order valence-electron chi connectivity index (χ3n) is 4.62. The van der Waals surface area contributed by atoms with Gasteiger partial charge < -0.3 is 4.90 Å². The Hall–Kier alpha value is -2.47. The first-order valence-corrected chi connectivity index (χ1v) is 9.43. The van der Waals surface area contributed by atoms with Gasteiger partial charge in [0.1, 0.15) is 12.2 Å². The molecule has 2 aromatic heterocycles. The summed E-state index contributed by atoms with van der Waals surface area (Å²) in [6.45, 7) is 1.56. The zero-order valence-electron chi connectivity index (χ0n) is 13.9. The summed E-state index contributed by atoms with van der Waals surface area (Å²) in [6.07, 6.45) is 3.24. The molecule has 1 saturated heterocycles. The van der Waals surface area contributed by atoms with E-state index >= 15 is 0 Å². The molecule has 0 radical (unpaired) electrons. The fourth-order valence-corrected chi connectivity index (χ4v) is 4.03. The summed E-state index contributed by atoms with van der Waals surface area (Å²) in [7, 11) is 0. The van der Waals surface area contributed by atoms with Crippen LogP contribution in [0.15, 0.2) is 46.6 Å². The third kappa shape index (κ3) is 3.09. The Morgan fingerprint density at radius 2 is 1.80 bits per heavy atom. The Bertz CT molecular complexity index is 956. The molecule has 6 heteroatoms. The number of thiophene rings is 1.